The highest BCUT2D eigenvalue weighted by Gasteiger charge is 2.23. The molecule has 0 aliphatic heterocycles. The van der Waals surface area contributed by atoms with Gasteiger partial charge in [0.15, 0.2) is 0 Å². The molecule has 1 aromatic carbocycles. The molecular formula is C11H13NO4. The normalized spacial score (nSPS) is 12.1. The third kappa shape index (κ3) is 2.36. The van der Waals surface area contributed by atoms with Crippen molar-refractivity contribution in [1.82, 2.24) is 0 Å². The van der Waals surface area contributed by atoms with Crippen molar-refractivity contribution in [3.8, 4) is 0 Å². The molecule has 0 bridgehead atoms. The van der Waals surface area contributed by atoms with E-state index in [9.17, 15) is 14.9 Å². The first-order valence-electron chi connectivity index (χ1n) is 4.97. The number of carbonyl (C=O) groups is 1. The van der Waals surface area contributed by atoms with Gasteiger partial charge < -0.3 is 5.11 Å². The lowest BCUT2D eigenvalue weighted by atomic mass is 9.97. The molecule has 1 rings (SSSR count). The predicted octanol–water partition coefficient (Wildman–Crippen LogP) is 2.35. The molecule has 0 spiro atoms. The van der Waals surface area contributed by atoms with Gasteiger partial charge in [0.1, 0.15) is 0 Å². The molecule has 0 radical (unpaired) electrons. The summed E-state index contributed by atoms with van der Waals surface area (Å²) in [5.41, 5.74) is 0.956. The van der Waals surface area contributed by atoms with Crippen LogP contribution in [0.3, 0.4) is 0 Å². The lowest BCUT2D eigenvalue weighted by molar-refractivity contribution is -0.385. The Kier molecular flexibility index (Phi) is 3.60. The maximum atomic E-state index is 10.8. The van der Waals surface area contributed by atoms with Crippen LogP contribution in [-0.4, -0.2) is 16.0 Å². The van der Waals surface area contributed by atoms with Crippen molar-refractivity contribution < 1.29 is 14.8 Å². The summed E-state index contributed by atoms with van der Waals surface area (Å²) in [4.78, 5) is 21.1. The Morgan fingerprint density at radius 2 is 2.19 bits per heavy atom. The Morgan fingerprint density at radius 3 is 2.62 bits per heavy atom. The van der Waals surface area contributed by atoms with Crippen molar-refractivity contribution in [2.24, 2.45) is 0 Å². The summed E-state index contributed by atoms with van der Waals surface area (Å²) in [6.45, 7) is 3.33. The minimum atomic E-state index is -1.06. The van der Waals surface area contributed by atoms with Gasteiger partial charge in [0.2, 0.25) is 0 Å². The molecule has 5 heteroatoms. The van der Waals surface area contributed by atoms with Crippen molar-refractivity contribution in [2.75, 3.05) is 0 Å². The van der Waals surface area contributed by atoms with Crippen LogP contribution in [0.2, 0.25) is 0 Å². The van der Waals surface area contributed by atoms with Gasteiger partial charge in [-0.1, -0.05) is 19.1 Å². The molecule has 1 unspecified atom stereocenters. The second-order valence-corrected chi connectivity index (χ2v) is 3.56. The summed E-state index contributed by atoms with van der Waals surface area (Å²) in [5.74, 6) is -1.93. The maximum absolute atomic E-state index is 10.8. The molecule has 0 aromatic heterocycles. The van der Waals surface area contributed by atoms with Crippen LogP contribution in [0.15, 0.2) is 18.2 Å². The second kappa shape index (κ2) is 4.74. The number of nitrogens with zero attached hydrogens (tertiary/aromatic N) is 1. The summed E-state index contributed by atoms with van der Waals surface area (Å²) in [5, 5.41) is 19.7. The Bertz CT molecular complexity index is 428. The molecule has 16 heavy (non-hydrogen) atoms. The zero-order valence-electron chi connectivity index (χ0n) is 9.14. The molecule has 0 amide bonds. The topological polar surface area (TPSA) is 80.4 Å². The van der Waals surface area contributed by atoms with Crippen LogP contribution >= 0.6 is 0 Å². The van der Waals surface area contributed by atoms with Crippen molar-refractivity contribution >= 4 is 11.7 Å². The molecule has 5 nitrogen and oxygen atoms in total. The highest BCUT2D eigenvalue weighted by Crippen LogP contribution is 2.27. The van der Waals surface area contributed by atoms with Crippen LogP contribution in [0, 0.1) is 10.1 Å². The Morgan fingerprint density at radius 1 is 1.56 bits per heavy atom. The molecule has 0 saturated heterocycles. The third-order valence-electron chi connectivity index (χ3n) is 2.54. The van der Waals surface area contributed by atoms with Gasteiger partial charge >= 0.3 is 5.97 Å². The number of hydrogen-bond acceptors (Lipinski definition) is 3. The van der Waals surface area contributed by atoms with Gasteiger partial charge in [0.25, 0.3) is 5.69 Å². The van der Waals surface area contributed by atoms with Crippen LogP contribution in [0.1, 0.15) is 30.9 Å². The number of benzene rings is 1. The number of rotatable bonds is 4. The molecule has 0 fully saturated rings. The van der Waals surface area contributed by atoms with E-state index >= 15 is 0 Å². The van der Waals surface area contributed by atoms with Gasteiger partial charge in [-0.2, -0.15) is 0 Å². The van der Waals surface area contributed by atoms with Crippen LogP contribution in [0.25, 0.3) is 0 Å². The number of carboxylic acid groups (broad SMARTS) is 1. The molecule has 1 atom stereocenters. The predicted molar refractivity (Wildman–Crippen MR) is 58.5 cm³/mol. The van der Waals surface area contributed by atoms with E-state index < -0.39 is 16.8 Å². The van der Waals surface area contributed by atoms with Gasteiger partial charge in [0, 0.05) is 11.6 Å². The summed E-state index contributed by atoms with van der Waals surface area (Å²) in [7, 11) is 0. The van der Waals surface area contributed by atoms with E-state index in [4.69, 9.17) is 5.11 Å². The minimum absolute atomic E-state index is 0.116. The lowest BCUT2D eigenvalue weighted by Crippen LogP contribution is -2.10. The van der Waals surface area contributed by atoms with E-state index in [1.54, 1.807) is 6.07 Å². The average molecular weight is 223 g/mol. The first-order valence-corrected chi connectivity index (χ1v) is 4.97. The summed E-state index contributed by atoms with van der Waals surface area (Å²) in [6, 6.07) is 4.69. The van der Waals surface area contributed by atoms with Crippen molar-refractivity contribution in [1.29, 1.82) is 0 Å². The molecule has 1 N–H and O–H groups in total. The first-order chi connectivity index (χ1) is 7.47. The fraction of sp³-hybridized carbons (Fsp3) is 0.364. The summed E-state index contributed by atoms with van der Waals surface area (Å²) >= 11 is 0. The van der Waals surface area contributed by atoms with E-state index in [1.807, 2.05) is 6.92 Å². The average Bonchev–Trinajstić information content (AvgIpc) is 2.26. The van der Waals surface area contributed by atoms with Gasteiger partial charge in [-0.3, -0.25) is 14.9 Å². The summed E-state index contributed by atoms with van der Waals surface area (Å²) in [6.07, 6.45) is 0.683. The first kappa shape index (κ1) is 12.2. The summed E-state index contributed by atoms with van der Waals surface area (Å²) < 4.78 is 0. The SMILES string of the molecule is CCc1ccc(C(C)C(=O)O)c([N+](=O)[O-])c1. The number of hydrogen-bond donors (Lipinski definition) is 1. The van der Waals surface area contributed by atoms with E-state index in [2.05, 4.69) is 0 Å². The number of aliphatic carboxylic acids is 1. The third-order valence-corrected chi connectivity index (χ3v) is 2.54. The van der Waals surface area contributed by atoms with Gasteiger partial charge in [-0.05, 0) is 18.9 Å². The van der Waals surface area contributed by atoms with E-state index in [0.29, 0.717) is 6.42 Å². The number of nitro benzene ring substituents is 1. The number of nitro groups is 1. The van der Waals surface area contributed by atoms with Crippen LogP contribution < -0.4 is 0 Å². The Balaban J connectivity index is 3.28. The van der Waals surface area contributed by atoms with Crippen molar-refractivity contribution in [3.63, 3.8) is 0 Å². The smallest absolute Gasteiger partial charge is 0.310 e. The molecular weight excluding hydrogens is 210 g/mol. The Labute approximate surface area is 92.9 Å². The van der Waals surface area contributed by atoms with Crippen molar-refractivity contribution in [3.05, 3.63) is 39.4 Å². The fourth-order valence-electron chi connectivity index (χ4n) is 1.47. The molecule has 1 aromatic rings. The molecule has 0 aliphatic carbocycles. The van der Waals surface area contributed by atoms with E-state index in [-0.39, 0.29) is 11.3 Å². The fourth-order valence-corrected chi connectivity index (χ4v) is 1.47. The van der Waals surface area contributed by atoms with Crippen LogP contribution in [-0.2, 0) is 11.2 Å². The quantitative estimate of drug-likeness (QED) is 0.627. The van der Waals surface area contributed by atoms with Gasteiger partial charge in [-0.25, -0.2) is 0 Å². The highest BCUT2D eigenvalue weighted by atomic mass is 16.6. The second-order valence-electron chi connectivity index (χ2n) is 3.56. The Hall–Kier alpha value is -1.91. The number of carboxylic acids is 1. The molecule has 0 aliphatic rings. The van der Waals surface area contributed by atoms with Crippen molar-refractivity contribution in [2.45, 2.75) is 26.2 Å². The standard InChI is InChI=1S/C11H13NO4/c1-3-8-4-5-9(7(2)11(13)14)10(6-8)12(15)16/h4-7H,3H2,1-2H3,(H,13,14). The molecule has 86 valence electrons. The number of aryl methyl sites for hydroxylation is 1. The highest BCUT2D eigenvalue weighted by molar-refractivity contribution is 5.77. The zero-order valence-corrected chi connectivity index (χ0v) is 9.14. The molecule has 0 saturated carbocycles. The van der Waals surface area contributed by atoms with Crippen LogP contribution in [0.4, 0.5) is 5.69 Å². The lowest BCUT2D eigenvalue weighted by Gasteiger charge is -2.08. The van der Waals surface area contributed by atoms with Gasteiger partial charge in [-0.15, -0.1) is 0 Å². The van der Waals surface area contributed by atoms with Crippen LogP contribution in [0.5, 0.6) is 0 Å². The molecule has 0 heterocycles. The minimum Gasteiger partial charge on any atom is -0.481 e. The largest absolute Gasteiger partial charge is 0.481 e. The van der Waals surface area contributed by atoms with Gasteiger partial charge in [0.05, 0.1) is 10.8 Å². The van der Waals surface area contributed by atoms with E-state index in [0.717, 1.165) is 5.56 Å². The zero-order chi connectivity index (χ0) is 12.3. The maximum Gasteiger partial charge on any atom is 0.310 e. The monoisotopic (exact) mass is 223 g/mol. The van der Waals surface area contributed by atoms with E-state index in [1.165, 1.54) is 19.1 Å².